The molecule has 0 N–H and O–H groups in total. The van der Waals surface area contributed by atoms with E-state index in [0.29, 0.717) is 0 Å². The summed E-state index contributed by atoms with van der Waals surface area (Å²) in [5, 5.41) is 0. The first kappa shape index (κ1) is 89.4. The summed E-state index contributed by atoms with van der Waals surface area (Å²) in [7, 11) is 6.91. The molecule has 0 saturated carbocycles. The Bertz CT molecular complexity index is 4240. The summed E-state index contributed by atoms with van der Waals surface area (Å²) in [6.45, 7) is 9.15. The number of ether oxygens (including phenoxy) is 8. The Morgan fingerprint density at radius 2 is 0.355 bits per heavy atom. The van der Waals surface area contributed by atoms with Crippen molar-refractivity contribution in [2.45, 2.75) is 177 Å². The van der Waals surface area contributed by atoms with Crippen LogP contribution in [-0.4, -0.2) is 65.9 Å². The molecule has 0 aliphatic carbocycles. The van der Waals surface area contributed by atoms with Crippen molar-refractivity contribution in [1.29, 1.82) is 0 Å². The van der Waals surface area contributed by atoms with Gasteiger partial charge in [-0.15, -0.1) is 24.3 Å². The lowest BCUT2D eigenvalue weighted by atomic mass is 9.79. The minimum Gasteiger partial charge on any atom is -0.497 e. The average molecular weight is 1630 g/mol. The Morgan fingerprint density at radius 1 is 0.207 bits per heavy atom. The first-order chi connectivity index (χ1) is 59.5. The van der Waals surface area contributed by atoms with Crippen LogP contribution in [0.15, 0.2) is 384 Å². The third-order valence-corrected chi connectivity index (χ3v) is 27.3. The summed E-state index contributed by atoms with van der Waals surface area (Å²) in [5.41, 5.74) is 7.70. The van der Waals surface area contributed by atoms with E-state index in [1.54, 1.807) is 28.4 Å². The number of methoxy groups -OCH3 is 4. The maximum atomic E-state index is 8.40. The lowest BCUT2D eigenvalue weighted by Gasteiger charge is -2.40. The predicted octanol–water partition coefficient (Wildman–Crippen LogP) is 27.7. The second-order valence-electron chi connectivity index (χ2n) is 31.9. The van der Waals surface area contributed by atoms with Crippen LogP contribution in [0.2, 0.25) is 0 Å². The van der Waals surface area contributed by atoms with Crippen LogP contribution in [0.25, 0.3) is 0 Å². The minimum absolute atomic E-state index is 0.454. The van der Waals surface area contributed by atoms with Crippen molar-refractivity contribution in [3.63, 3.8) is 0 Å². The molecule has 0 aliphatic rings. The fraction of sp³-hybridized carbons (Fsp3) is 0.286. The Morgan fingerprint density at radius 3 is 0.496 bits per heavy atom. The first-order valence-electron chi connectivity index (χ1n) is 44.2. The molecular weight excluding hydrogens is 1500 g/mol. The third kappa shape index (κ3) is 22.3. The highest BCUT2D eigenvalue weighted by Gasteiger charge is 2.45. The molecule has 624 valence electrons. The Balaban J connectivity index is 1.19. The van der Waals surface area contributed by atoms with E-state index in [9.17, 15) is 0 Å². The van der Waals surface area contributed by atoms with Crippen molar-refractivity contribution in [1.82, 2.24) is 0 Å². The molecule has 0 radical (unpaired) electrons. The van der Waals surface area contributed by atoms with Gasteiger partial charge >= 0.3 is 0 Å². The van der Waals surface area contributed by atoms with Crippen LogP contribution in [0, 0.1) is 0 Å². The monoisotopic (exact) mass is 1620 g/mol. The SMILES string of the molecule is CCCCCC(/C=[CH]/[Al-](/[CH]=C/C(CCCCC)OC(c1ccccc1)(c1ccccc1)c1ccc(OC)cc1)(/[CH]=C/C(CCCCC)OC(c1ccccc1)(c1ccccc1)c1ccc(OC)cc1)/[CH]=C/C(CCCCC)OC(c1ccccc1)(c1ccccc1)c1ccc(OC)cc1)OC(c1ccccc1)(c1ccccc1)c1ccc(OC)cc1. The van der Waals surface area contributed by atoms with E-state index in [4.69, 9.17) is 37.9 Å². The highest BCUT2D eigenvalue weighted by molar-refractivity contribution is 6.97. The molecule has 0 saturated heterocycles. The van der Waals surface area contributed by atoms with Crippen LogP contribution in [0.3, 0.4) is 0 Å². The topological polar surface area (TPSA) is 73.8 Å². The molecule has 4 unspecified atom stereocenters. The van der Waals surface area contributed by atoms with Crippen molar-refractivity contribution in [3.05, 3.63) is 451 Å². The molecule has 0 aromatic heterocycles. The molecule has 9 heteroatoms. The third-order valence-electron chi connectivity index (χ3n) is 23.7. The van der Waals surface area contributed by atoms with Gasteiger partial charge < -0.3 is 37.9 Å². The second kappa shape index (κ2) is 45.7. The van der Waals surface area contributed by atoms with Gasteiger partial charge in [0.05, 0.1) is 52.9 Å². The maximum absolute atomic E-state index is 8.40. The molecule has 121 heavy (non-hydrogen) atoms. The Kier molecular flexibility index (Phi) is 33.8. The summed E-state index contributed by atoms with van der Waals surface area (Å²) in [6.07, 6.45) is 22.8. The first-order valence-corrected chi connectivity index (χ1v) is 46.9. The molecule has 0 aliphatic heterocycles. The average Bonchev–Trinajstić information content (AvgIpc) is 0.767. The molecule has 12 aromatic carbocycles. The second-order valence-corrected chi connectivity index (χ2v) is 35.7. The number of hydrogen-bond donors (Lipinski definition) is 0. The zero-order chi connectivity index (χ0) is 84.3. The van der Waals surface area contributed by atoms with Crippen molar-refractivity contribution >= 4 is 13.1 Å². The molecule has 12 aromatic rings. The Labute approximate surface area is 725 Å². The van der Waals surface area contributed by atoms with Gasteiger partial charge in [0.2, 0.25) is 13.1 Å². The highest BCUT2D eigenvalue weighted by atomic mass is 27.2. The van der Waals surface area contributed by atoms with Gasteiger partial charge in [0, 0.05) is 0 Å². The number of hydrogen-bond acceptors (Lipinski definition) is 8. The van der Waals surface area contributed by atoms with Crippen molar-refractivity contribution in [3.8, 4) is 23.0 Å². The molecule has 0 fully saturated rings. The molecule has 12 rings (SSSR count). The fourth-order valence-corrected chi connectivity index (χ4v) is 20.5. The summed E-state index contributed by atoms with van der Waals surface area (Å²) in [6, 6.07) is 120. The smallest absolute Gasteiger partial charge is 0.237 e. The van der Waals surface area contributed by atoms with Crippen LogP contribution < -0.4 is 18.9 Å². The quantitative estimate of drug-likeness (QED) is 0.0212. The van der Waals surface area contributed by atoms with Crippen molar-refractivity contribution < 1.29 is 37.9 Å². The Hall–Kier alpha value is -10.8. The minimum atomic E-state index is -4.15. The maximum Gasteiger partial charge on any atom is 0.237 e. The lowest BCUT2D eigenvalue weighted by molar-refractivity contribution is -0.0286. The van der Waals surface area contributed by atoms with Gasteiger partial charge in [-0.2, -0.15) is 0 Å². The van der Waals surface area contributed by atoms with Gasteiger partial charge in [0.25, 0.3) is 0 Å². The van der Waals surface area contributed by atoms with Crippen LogP contribution in [0.1, 0.15) is 197 Å². The number of rotatable bonds is 48. The van der Waals surface area contributed by atoms with Gasteiger partial charge in [-0.25, -0.2) is 0 Å². The van der Waals surface area contributed by atoms with E-state index < -0.39 is 59.9 Å². The summed E-state index contributed by atoms with van der Waals surface area (Å²) in [5.74, 6) is 3.07. The standard InChI is InChI=1S/4C28H31O2.Al/c4*1-4-6-9-18-26(5-2)30-28(23-14-10-7-11-15-23,24-16-12-8-13-17-24)25-19-21-27(29-3)22-20-25;/h4*2,5,7-8,10-17,19-22,26H,4,6,9,18H2,1,3H3;/q;;;;-1. The van der Waals surface area contributed by atoms with Crippen LogP contribution >= 0.6 is 0 Å². The largest absolute Gasteiger partial charge is 0.497 e. The van der Waals surface area contributed by atoms with Gasteiger partial charge in [0.1, 0.15) is 45.4 Å². The van der Waals surface area contributed by atoms with Crippen molar-refractivity contribution in [2.75, 3.05) is 28.4 Å². The van der Waals surface area contributed by atoms with Crippen molar-refractivity contribution in [2.24, 2.45) is 0 Å². The van der Waals surface area contributed by atoms with E-state index in [-0.39, 0.29) is 0 Å². The van der Waals surface area contributed by atoms with E-state index in [0.717, 1.165) is 192 Å². The summed E-state index contributed by atoms with van der Waals surface area (Å²) < 4.78 is 57.3. The zero-order valence-electron chi connectivity index (χ0n) is 72.4. The van der Waals surface area contributed by atoms with E-state index >= 15 is 0 Å². The van der Waals surface area contributed by atoms with Crippen LogP contribution in [0.4, 0.5) is 0 Å². The van der Waals surface area contributed by atoms with Crippen LogP contribution in [0.5, 0.6) is 23.0 Å². The molecule has 8 nitrogen and oxygen atoms in total. The normalized spacial score (nSPS) is 13.8. The number of benzene rings is 12. The van der Waals surface area contributed by atoms with Gasteiger partial charge in [0.15, 0.2) is 0 Å². The molecule has 0 spiro atoms. The van der Waals surface area contributed by atoms with Gasteiger partial charge in [-0.1, -0.05) is 396 Å². The summed E-state index contributed by atoms with van der Waals surface area (Å²) in [4.78, 5) is 10.4. The van der Waals surface area contributed by atoms with Crippen LogP contribution in [-0.2, 0) is 41.4 Å². The molecule has 0 bridgehead atoms. The highest BCUT2D eigenvalue weighted by Crippen LogP contribution is 2.49. The number of unbranched alkanes of at least 4 members (excludes halogenated alkanes) is 8. The lowest BCUT2D eigenvalue weighted by Crippen LogP contribution is -2.38. The fourth-order valence-electron chi connectivity index (χ4n) is 17.2. The zero-order valence-corrected chi connectivity index (χ0v) is 73.6. The van der Waals surface area contributed by atoms with Gasteiger partial charge in [-0.05, 0) is 141 Å². The van der Waals surface area contributed by atoms with E-state index in [1.807, 2.05) is 0 Å². The molecule has 0 heterocycles. The predicted molar refractivity (Wildman–Crippen MR) is 501 cm³/mol. The summed E-state index contributed by atoms with van der Waals surface area (Å²) >= 11 is -4.15. The van der Waals surface area contributed by atoms with Gasteiger partial charge in [-0.3, -0.25) is 19.8 Å². The molecule has 0 amide bonds. The van der Waals surface area contributed by atoms with E-state index in [2.05, 4.69) is 411 Å². The molecular formula is C112H124AlO8-. The van der Waals surface area contributed by atoms with E-state index in [1.165, 1.54) is 0 Å². The molecule has 4 atom stereocenters.